The Bertz CT molecular complexity index is 494. The van der Waals surface area contributed by atoms with E-state index in [1.807, 2.05) is 0 Å². The maximum absolute atomic E-state index is 12.3. The van der Waals surface area contributed by atoms with Crippen LogP contribution in [0.3, 0.4) is 0 Å². The van der Waals surface area contributed by atoms with Crippen LogP contribution in [0.2, 0.25) is 0 Å². The molecule has 0 unspecified atom stereocenters. The van der Waals surface area contributed by atoms with E-state index in [2.05, 4.69) is 0 Å². The van der Waals surface area contributed by atoms with Gasteiger partial charge >= 0.3 is 5.97 Å². The summed E-state index contributed by atoms with van der Waals surface area (Å²) in [6, 6.07) is 4.51. The van der Waals surface area contributed by atoms with E-state index in [1.165, 1.54) is 23.1 Å². The van der Waals surface area contributed by atoms with Gasteiger partial charge in [-0.15, -0.1) is 0 Å². The molecule has 1 aromatic carbocycles. The van der Waals surface area contributed by atoms with Crippen LogP contribution in [-0.2, 0) is 4.79 Å². The van der Waals surface area contributed by atoms with Crippen LogP contribution in [0.5, 0.6) is 5.75 Å². The second kappa shape index (κ2) is 4.68. The van der Waals surface area contributed by atoms with Crippen LogP contribution in [0.25, 0.3) is 0 Å². The van der Waals surface area contributed by atoms with Gasteiger partial charge in [-0.25, -0.2) is 0 Å². The van der Waals surface area contributed by atoms with E-state index in [0.29, 0.717) is 11.1 Å². The summed E-state index contributed by atoms with van der Waals surface area (Å²) >= 11 is 0. The molecular formula is C13H15NO4. The molecule has 1 aromatic rings. The Labute approximate surface area is 105 Å². The number of phenols is 1. The van der Waals surface area contributed by atoms with Crippen molar-refractivity contribution < 1.29 is 19.8 Å². The first-order chi connectivity index (χ1) is 8.49. The fraction of sp³-hybridized carbons (Fsp3) is 0.385. The van der Waals surface area contributed by atoms with Gasteiger partial charge in [0.1, 0.15) is 12.3 Å². The van der Waals surface area contributed by atoms with Crippen molar-refractivity contribution in [2.75, 3.05) is 6.54 Å². The number of phenolic OH excluding ortho intramolecular Hbond substituents is 1. The summed E-state index contributed by atoms with van der Waals surface area (Å²) in [4.78, 5) is 24.4. The van der Waals surface area contributed by atoms with Gasteiger partial charge in [-0.05, 0) is 43.5 Å². The van der Waals surface area contributed by atoms with Crippen LogP contribution in [-0.4, -0.2) is 39.6 Å². The third-order valence-electron chi connectivity index (χ3n) is 2.99. The topological polar surface area (TPSA) is 77.8 Å². The number of rotatable bonds is 4. The van der Waals surface area contributed by atoms with E-state index < -0.39 is 5.97 Å². The van der Waals surface area contributed by atoms with Crippen molar-refractivity contribution in [3.8, 4) is 5.75 Å². The number of hydrogen-bond donors (Lipinski definition) is 2. The molecule has 96 valence electrons. The number of nitrogens with zero attached hydrogens (tertiary/aromatic N) is 1. The molecule has 1 fully saturated rings. The predicted molar refractivity (Wildman–Crippen MR) is 64.5 cm³/mol. The van der Waals surface area contributed by atoms with Crippen molar-refractivity contribution in [1.29, 1.82) is 0 Å². The first kappa shape index (κ1) is 12.4. The van der Waals surface area contributed by atoms with Crippen molar-refractivity contribution in [1.82, 2.24) is 4.90 Å². The van der Waals surface area contributed by atoms with Gasteiger partial charge in [0.15, 0.2) is 0 Å². The maximum atomic E-state index is 12.3. The first-order valence-corrected chi connectivity index (χ1v) is 5.81. The zero-order valence-corrected chi connectivity index (χ0v) is 10.1. The standard InChI is InChI=1S/C13H15NO4/c1-8-6-10(15)4-5-11(8)13(18)14(7-12(16)17)9-2-3-9/h4-6,9,15H,2-3,7H2,1H3,(H,16,17). The van der Waals surface area contributed by atoms with Crippen LogP contribution in [0.1, 0.15) is 28.8 Å². The van der Waals surface area contributed by atoms with Crippen molar-refractivity contribution in [3.63, 3.8) is 0 Å². The quantitative estimate of drug-likeness (QED) is 0.845. The molecule has 1 amide bonds. The minimum absolute atomic E-state index is 0.0433. The van der Waals surface area contributed by atoms with Gasteiger partial charge in [0.05, 0.1) is 0 Å². The van der Waals surface area contributed by atoms with Crippen LogP contribution in [0.15, 0.2) is 18.2 Å². The highest BCUT2D eigenvalue weighted by atomic mass is 16.4. The number of carbonyl (C=O) groups excluding carboxylic acids is 1. The largest absolute Gasteiger partial charge is 0.508 e. The van der Waals surface area contributed by atoms with Gasteiger partial charge < -0.3 is 15.1 Å². The Balaban J connectivity index is 2.24. The number of aliphatic carboxylic acids is 1. The number of hydrogen-bond acceptors (Lipinski definition) is 3. The zero-order valence-electron chi connectivity index (χ0n) is 10.1. The van der Waals surface area contributed by atoms with Gasteiger partial charge in [0, 0.05) is 11.6 Å². The molecule has 0 heterocycles. The van der Waals surface area contributed by atoms with Crippen molar-refractivity contribution in [3.05, 3.63) is 29.3 Å². The maximum Gasteiger partial charge on any atom is 0.323 e. The number of carboxylic acid groups (broad SMARTS) is 1. The molecule has 0 bridgehead atoms. The first-order valence-electron chi connectivity index (χ1n) is 5.81. The Morgan fingerprint density at radius 1 is 1.39 bits per heavy atom. The summed E-state index contributed by atoms with van der Waals surface area (Å²) in [5.41, 5.74) is 1.09. The second-order valence-corrected chi connectivity index (χ2v) is 4.56. The van der Waals surface area contributed by atoms with Gasteiger partial charge in [0.2, 0.25) is 0 Å². The van der Waals surface area contributed by atoms with E-state index in [9.17, 15) is 14.7 Å². The molecule has 1 saturated carbocycles. The summed E-state index contributed by atoms with van der Waals surface area (Å²) in [6.07, 6.45) is 1.71. The molecule has 2 N–H and O–H groups in total. The lowest BCUT2D eigenvalue weighted by Gasteiger charge is -2.21. The molecule has 0 radical (unpaired) electrons. The summed E-state index contributed by atoms with van der Waals surface area (Å²) in [5.74, 6) is -1.19. The Morgan fingerprint density at radius 3 is 2.56 bits per heavy atom. The smallest absolute Gasteiger partial charge is 0.323 e. The van der Waals surface area contributed by atoms with E-state index in [-0.39, 0.29) is 24.2 Å². The molecule has 2 rings (SSSR count). The highest BCUT2D eigenvalue weighted by Gasteiger charge is 2.34. The molecule has 1 aliphatic carbocycles. The molecule has 0 saturated heterocycles. The SMILES string of the molecule is Cc1cc(O)ccc1C(=O)N(CC(=O)O)C1CC1. The van der Waals surface area contributed by atoms with Gasteiger partial charge in [0.25, 0.3) is 5.91 Å². The monoisotopic (exact) mass is 249 g/mol. The number of benzene rings is 1. The summed E-state index contributed by atoms with van der Waals surface area (Å²) in [6.45, 7) is 1.45. The van der Waals surface area contributed by atoms with Crippen LogP contribution in [0.4, 0.5) is 0 Å². The van der Waals surface area contributed by atoms with Crippen LogP contribution >= 0.6 is 0 Å². The van der Waals surface area contributed by atoms with Crippen LogP contribution < -0.4 is 0 Å². The number of carbonyl (C=O) groups is 2. The third-order valence-corrected chi connectivity index (χ3v) is 2.99. The van der Waals surface area contributed by atoms with Crippen LogP contribution in [0, 0.1) is 6.92 Å². The number of carboxylic acids is 1. The molecule has 0 aromatic heterocycles. The number of aromatic hydroxyl groups is 1. The van der Waals surface area contributed by atoms with Crippen molar-refractivity contribution in [2.45, 2.75) is 25.8 Å². The molecule has 5 nitrogen and oxygen atoms in total. The summed E-state index contributed by atoms with van der Waals surface area (Å²) in [5, 5.41) is 18.1. The highest BCUT2D eigenvalue weighted by Crippen LogP contribution is 2.29. The minimum atomic E-state index is -1.01. The summed E-state index contributed by atoms with van der Waals surface area (Å²) < 4.78 is 0. The lowest BCUT2D eigenvalue weighted by Crippen LogP contribution is -2.37. The molecule has 0 aliphatic heterocycles. The lowest BCUT2D eigenvalue weighted by molar-refractivity contribution is -0.137. The number of aryl methyl sites for hydroxylation is 1. The Kier molecular flexibility index (Phi) is 3.23. The molecule has 0 spiro atoms. The summed E-state index contributed by atoms with van der Waals surface area (Å²) in [7, 11) is 0. The highest BCUT2D eigenvalue weighted by molar-refractivity contribution is 5.97. The van der Waals surface area contributed by atoms with Crippen molar-refractivity contribution >= 4 is 11.9 Å². The van der Waals surface area contributed by atoms with E-state index in [0.717, 1.165) is 12.8 Å². The normalized spacial score (nSPS) is 14.3. The average molecular weight is 249 g/mol. The van der Waals surface area contributed by atoms with E-state index in [1.54, 1.807) is 6.92 Å². The predicted octanol–water partition coefficient (Wildman–Crippen LogP) is 1.39. The minimum Gasteiger partial charge on any atom is -0.508 e. The zero-order chi connectivity index (χ0) is 13.3. The second-order valence-electron chi connectivity index (χ2n) is 4.56. The van der Waals surface area contributed by atoms with E-state index in [4.69, 9.17) is 5.11 Å². The molecule has 18 heavy (non-hydrogen) atoms. The fourth-order valence-corrected chi connectivity index (χ4v) is 1.94. The van der Waals surface area contributed by atoms with Gasteiger partial charge in [-0.3, -0.25) is 9.59 Å². The molecule has 0 atom stereocenters. The van der Waals surface area contributed by atoms with Crippen molar-refractivity contribution in [2.24, 2.45) is 0 Å². The lowest BCUT2D eigenvalue weighted by atomic mass is 10.1. The molecule has 1 aliphatic rings. The molecular weight excluding hydrogens is 234 g/mol. The van der Waals surface area contributed by atoms with E-state index >= 15 is 0 Å². The van der Waals surface area contributed by atoms with Gasteiger partial charge in [-0.2, -0.15) is 0 Å². The molecule has 5 heteroatoms. The fourth-order valence-electron chi connectivity index (χ4n) is 1.94. The average Bonchev–Trinajstić information content (AvgIpc) is 3.08. The third kappa shape index (κ3) is 2.61. The van der Waals surface area contributed by atoms with Gasteiger partial charge in [-0.1, -0.05) is 0 Å². The number of amides is 1. The Morgan fingerprint density at radius 2 is 2.06 bits per heavy atom. The Hall–Kier alpha value is -2.04.